The quantitative estimate of drug-likeness (QED) is 0.839. The first-order chi connectivity index (χ1) is 9.04. The highest BCUT2D eigenvalue weighted by molar-refractivity contribution is 5.84. The first kappa shape index (κ1) is 13.6. The lowest BCUT2D eigenvalue weighted by Gasteiger charge is -2.35. The lowest BCUT2D eigenvalue weighted by atomic mass is 10.0. The normalized spacial score (nSPS) is 19.5. The number of carbonyl (C=O) groups is 1. The monoisotopic (exact) mass is 263 g/mol. The van der Waals surface area contributed by atoms with Crippen molar-refractivity contribution in [1.82, 2.24) is 9.97 Å². The van der Waals surface area contributed by atoms with Crippen molar-refractivity contribution in [3.05, 3.63) is 11.4 Å². The second-order valence-corrected chi connectivity index (χ2v) is 4.93. The first-order valence-electron chi connectivity index (χ1n) is 6.73. The van der Waals surface area contributed by atoms with Gasteiger partial charge in [0.1, 0.15) is 23.5 Å². The molecule has 0 radical (unpaired) electrons. The standard InChI is InChI=1S/C13H21N5O/c1-3-10-16-11(14)8(2)13(17-10)18-7-5-4-6-9(18)12(15)19/h9H,3-7H2,1-2H3,(H2,15,19)(H2,14,16,17). The second-order valence-electron chi connectivity index (χ2n) is 4.93. The van der Waals surface area contributed by atoms with Crippen molar-refractivity contribution in [2.75, 3.05) is 17.2 Å². The maximum Gasteiger partial charge on any atom is 0.240 e. The van der Waals surface area contributed by atoms with Crippen molar-refractivity contribution in [3.63, 3.8) is 0 Å². The summed E-state index contributed by atoms with van der Waals surface area (Å²) in [5.74, 6) is 1.64. The van der Waals surface area contributed by atoms with Gasteiger partial charge in [0.05, 0.1) is 0 Å². The van der Waals surface area contributed by atoms with Crippen LogP contribution < -0.4 is 16.4 Å². The predicted octanol–water partition coefficient (Wildman–Crippen LogP) is 0.774. The fourth-order valence-corrected chi connectivity index (χ4v) is 2.49. The average Bonchev–Trinajstić information content (AvgIpc) is 2.41. The SMILES string of the molecule is CCc1nc(N)c(C)c(N2CCCCC2C(N)=O)n1. The minimum absolute atomic E-state index is 0.286. The Kier molecular flexibility index (Phi) is 3.87. The number of hydrogen-bond acceptors (Lipinski definition) is 5. The Labute approximate surface area is 113 Å². The number of amides is 1. The molecule has 1 fully saturated rings. The number of nitrogens with two attached hydrogens (primary N) is 2. The third kappa shape index (κ3) is 2.62. The predicted molar refractivity (Wildman–Crippen MR) is 74.7 cm³/mol. The molecule has 1 unspecified atom stereocenters. The fourth-order valence-electron chi connectivity index (χ4n) is 2.49. The van der Waals surface area contributed by atoms with Crippen molar-refractivity contribution in [3.8, 4) is 0 Å². The van der Waals surface area contributed by atoms with Crippen LogP contribution in [0.1, 0.15) is 37.6 Å². The van der Waals surface area contributed by atoms with E-state index in [1.165, 1.54) is 0 Å². The summed E-state index contributed by atoms with van der Waals surface area (Å²) in [5, 5.41) is 0. The highest BCUT2D eigenvalue weighted by atomic mass is 16.1. The Morgan fingerprint density at radius 2 is 2.16 bits per heavy atom. The molecule has 6 heteroatoms. The van der Waals surface area contributed by atoms with E-state index < -0.39 is 0 Å². The smallest absolute Gasteiger partial charge is 0.240 e. The molecule has 0 spiro atoms. The number of piperidine rings is 1. The van der Waals surface area contributed by atoms with Crippen molar-refractivity contribution >= 4 is 17.5 Å². The zero-order valence-electron chi connectivity index (χ0n) is 11.5. The molecule has 1 aromatic heterocycles. The van der Waals surface area contributed by atoms with Crippen LogP contribution >= 0.6 is 0 Å². The summed E-state index contributed by atoms with van der Waals surface area (Å²) in [6.07, 6.45) is 3.55. The molecule has 1 aromatic rings. The summed E-state index contributed by atoms with van der Waals surface area (Å²) >= 11 is 0. The Bertz CT molecular complexity index is 488. The van der Waals surface area contributed by atoms with Gasteiger partial charge in [-0.3, -0.25) is 4.79 Å². The second kappa shape index (κ2) is 5.42. The molecule has 0 bridgehead atoms. The molecule has 4 N–H and O–H groups in total. The summed E-state index contributed by atoms with van der Waals surface area (Å²) in [6, 6.07) is -0.286. The van der Waals surface area contributed by atoms with Gasteiger partial charge in [-0.2, -0.15) is 0 Å². The summed E-state index contributed by atoms with van der Waals surface area (Å²) in [5.41, 5.74) is 12.3. The molecule has 0 aromatic carbocycles. The van der Waals surface area contributed by atoms with E-state index in [2.05, 4.69) is 9.97 Å². The van der Waals surface area contributed by atoms with Crippen molar-refractivity contribution in [2.24, 2.45) is 5.73 Å². The molecule has 0 aliphatic carbocycles. The van der Waals surface area contributed by atoms with Gasteiger partial charge in [0, 0.05) is 18.5 Å². The average molecular weight is 263 g/mol. The van der Waals surface area contributed by atoms with E-state index in [0.29, 0.717) is 18.1 Å². The van der Waals surface area contributed by atoms with Gasteiger partial charge < -0.3 is 16.4 Å². The molecule has 2 rings (SSSR count). The third-order valence-corrected chi connectivity index (χ3v) is 3.62. The number of nitrogens with zero attached hydrogens (tertiary/aromatic N) is 3. The van der Waals surface area contributed by atoms with Gasteiger partial charge in [-0.1, -0.05) is 6.92 Å². The summed E-state index contributed by atoms with van der Waals surface area (Å²) < 4.78 is 0. The van der Waals surface area contributed by atoms with Crippen LogP contribution in [0.5, 0.6) is 0 Å². The zero-order chi connectivity index (χ0) is 14.0. The Morgan fingerprint density at radius 1 is 1.42 bits per heavy atom. The van der Waals surface area contributed by atoms with E-state index in [4.69, 9.17) is 11.5 Å². The number of carbonyl (C=O) groups excluding carboxylic acids is 1. The highest BCUT2D eigenvalue weighted by Crippen LogP contribution is 2.28. The minimum atomic E-state index is -0.297. The van der Waals surface area contributed by atoms with Crippen molar-refractivity contribution in [1.29, 1.82) is 0 Å². The van der Waals surface area contributed by atoms with Gasteiger partial charge in [-0.05, 0) is 26.2 Å². The van der Waals surface area contributed by atoms with Gasteiger partial charge in [-0.25, -0.2) is 9.97 Å². The molecule has 0 saturated carbocycles. The third-order valence-electron chi connectivity index (χ3n) is 3.62. The van der Waals surface area contributed by atoms with Crippen LogP contribution in [-0.2, 0) is 11.2 Å². The van der Waals surface area contributed by atoms with E-state index in [-0.39, 0.29) is 11.9 Å². The van der Waals surface area contributed by atoms with Crippen LogP contribution in [0.2, 0.25) is 0 Å². The molecule has 1 aliphatic heterocycles. The lowest BCUT2D eigenvalue weighted by Crippen LogP contribution is -2.48. The molecule has 19 heavy (non-hydrogen) atoms. The van der Waals surface area contributed by atoms with E-state index in [1.54, 1.807) is 0 Å². The van der Waals surface area contributed by atoms with Crippen LogP contribution in [-0.4, -0.2) is 28.5 Å². The number of aromatic nitrogens is 2. The number of primary amides is 1. The molecule has 1 amide bonds. The van der Waals surface area contributed by atoms with Gasteiger partial charge in [0.15, 0.2) is 0 Å². The Hall–Kier alpha value is -1.85. The molecule has 1 aliphatic rings. The molecule has 1 saturated heterocycles. The van der Waals surface area contributed by atoms with Crippen LogP contribution in [0.3, 0.4) is 0 Å². The number of anilines is 2. The van der Waals surface area contributed by atoms with Crippen molar-refractivity contribution < 1.29 is 4.79 Å². The lowest BCUT2D eigenvalue weighted by molar-refractivity contribution is -0.119. The van der Waals surface area contributed by atoms with Crippen molar-refractivity contribution in [2.45, 2.75) is 45.6 Å². The van der Waals surface area contributed by atoms with E-state index in [9.17, 15) is 4.79 Å². The summed E-state index contributed by atoms with van der Waals surface area (Å²) in [7, 11) is 0. The van der Waals surface area contributed by atoms with Crippen LogP contribution in [0, 0.1) is 6.92 Å². The highest BCUT2D eigenvalue weighted by Gasteiger charge is 2.29. The van der Waals surface area contributed by atoms with Crippen LogP contribution in [0.4, 0.5) is 11.6 Å². The maximum absolute atomic E-state index is 11.6. The Morgan fingerprint density at radius 3 is 2.79 bits per heavy atom. The largest absolute Gasteiger partial charge is 0.383 e. The van der Waals surface area contributed by atoms with Gasteiger partial charge in [0.25, 0.3) is 0 Å². The van der Waals surface area contributed by atoms with Gasteiger partial charge in [0.2, 0.25) is 5.91 Å². The fraction of sp³-hybridized carbons (Fsp3) is 0.615. The van der Waals surface area contributed by atoms with Crippen LogP contribution in [0.25, 0.3) is 0 Å². The molecular formula is C13H21N5O. The Balaban J connectivity index is 2.43. The molecule has 1 atom stereocenters. The first-order valence-corrected chi connectivity index (χ1v) is 6.73. The van der Waals surface area contributed by atoms with Gasteiger partial charge >= 0.3 is 0 Å². The topological polar surface area (TPSA) is 98.1 Å². The van der Waals surface area contributed by atoms with E-state index in [1.807, 2.05) is 18.7 Å². The van der Waals surface area contributed by atoms with Gasteiger partial charge in [-0.15, -0.1) is 0 Å². The van der Waals surface area contributed by atoms with E-state index in [0.717, 1.165) is 37.2 Å². The summed E-state index contributed by atoms with van der Waals surface area (Å²) in [6.45, 7) is 4.65. The summed E-state index contributed by atoms with van der Waals surface area (Å²) in [4.78, 5) is 22.4. The minimum Gasteiger partial charge on any atom is -0.383 e. The number of rotatable bonds is 3. The number of hydrogen-bond donors (Lipinski definition) is 2. The molecule has 6 nitrogen and oxygen atoms in total. The van der Waals surface area contributed by atoms with Crippen LogP contribution in [0.15, 0.2) is 0 Å². The number of nitrogen functional groups attached to an aromatic ring is 1. The van der Waals surface area contributed by atoms with E-state index >= 15 is 0 Å². The molecular weight excluding hydrogens is 242 g/mol. The zero-order valence-corrected chi connectivity index (χ0v) is 11.5. The molecule has 104 valence electrons. The number of aryl methyl sites for hydroxylation is 1. The molecule has 2 heterocycles. The maximum atomic E-state index is 11.6.